The molecule has 0 spiro atoms. The van der Waals surface area contributed by atoms with E-state index in [1.807, 2.05) is 30.3 Å². The molecule has 0 bridgehead atoms. The second kappa shape index (κ2) is 17.3. The maximum Gasteiger partial charge on any atom is 0.310 e. The summed E-state index contributed by atoms with van der Waals surface area (Å²) in [4.78, 5) is 61.9. The van der Waals surface area contributed by atoms with E-state index in [9.17, 15) is 19.2 Å². The number of carbonyl (C=O) groups is 4. The second-order valence-corrected chi connectivity index (χ2v) is 23.0. The number of carbonyl (C=O) groups excluding carboxylic acids is 3. The fraction of sp³-hybridized carbons (Fsp3) is 0.647. The molecule has 0 radical (unpaired) electrons. The SMILES string of the molecule is CC1(C)CCC(Cn2c(C(C)(C)C)nc3cc(C(=O)N4CC(C(=O)O)C4)ccc32)CC1.CNC(=O)C1CN(C(=O)c2ccc3c(c2)nc(C(C)(C)C)n3CC2CCC(C)(C)CC2)C1. The lowest BCUT2D eigenvalue weighted by atomic mass is 9.73. The van der Waals surface area contributed by atoms with Crippen molar-refractivity contribution in [2.45, 2.75) is 145 Å². The number of nitrogens with zero attached hydrogens (tertiary/aromatic N) is 6. The molecule has 4 fully saturated rings. The minimum atomic E-state index is -0.834. The predicted octanol–water partition coefficient (Wildman–Crippen LogP) is 9.08. The largest absolute Gasteiger partial charge is 0.481 e. The number of rotatable bonds is 8. The van der Waals surface area contributed by atoms with Crippen LogP contribution >= 0.6 is 0 Å². The quantitative estimate of drug-likeness (QED) is 0.180. The molecule has 4 aromatic rings. The minimum absolute atomic E-state index is 0.00386. The average molecular weight is 864 g/mol. The Morgan fingerprint density at radius 2 is 1.00 bits per heavy atom. The molecule has 2 N–H and O–H groups in total. The molecule has 2 aliphatic heterocycles. The number of aromatic nitrogens is 4. The van der Waals surface area contributed by atoms with Gasteiger partial charge in [-0.2, -0.15) is 0 Å². The van der Waals surface area contributed by atoms with Gasteiger partial charge in [0.15, 0.2) is 0 Å². The lowest BCUT2D eigenvalue weighted by Gasteiger charge is -2.38. The van der Waals surface area contributed by atoms with Crippen LogP contribution in [0.15, 0.2) is 36.4 Å². The number of carboxylic acids is 1. The van der Waals surface area contributed by atoms with Gasteiger partial charge in [0, 0.05) is 68.3 Å². The molecule has 0 unspecified atom stereocenters. The number of fused-ring (bicyclic) bond motifs is 2. The van der Waals surface area contributed by atoms with Gasteiger partial charge in [-0.3, -0.25) is 19.2 Å². The summed E-state index contributed by atoms with van der Waals surface area (Å²) in [5.41, 5.74) is 5.91. The van der Waals surface area contributed by atoms with Crippen LogP contribution in [0.25, 0.3) is 22.1 Å². The summed E-state index contributed by atoms with van der Waals surface area (Å²) in [7, 11) is 1.64. The molecule has 12 heteroatoms. The van der Waals surface area contributed by atoms with E-state index in [2.05, 4.69) is 89.8 Å². The van der Waals surface area contributed by atoms with Gasteiger partial charge in [0.25, 0.3) is 11.8 Å². The van der Waals surface area contributed by atoms with Gasteiger partial charge in [0.2, 0.25) is 5.91 Å². The van der Waals surface area contributed by atoms with Gasteiger partial charge in [0.1, 0.15) is 11.6 Å². The monoisotopic (exact) mass is 864 g/mol. The van der Waals surface area contributed by atoms with Crippen molar-refractivity contribution in [3.8, 4) is 0 Å². The fourth-order valence-corrected chi connectivity index (χ4v) is 10.0. The molecular formula is C51H73N7O5. The Hall–Kier alpha value is -4.74. The Morgan fingerprint density at radius 1 is 0.635 bits per heavy atom. The molecule has 2 saturated heterocycles. The molecule has 0 atom stereocenters. The molecule has 8 rings (SSSR count). The van der Waals surface area contributed by atoms with Crippen molar-refractivity contribution >= 4 is 45.8 Å². The number of hydrogen-bond acceptors (Lipinski definition) is 6. The predicted molar refractivity (Wildman–Crippen MR) is 249 cm³/mol. The summed E-state index contributed by atoms with van der Waals surface area (Å²) in [6.45, 7) is 26.2. The number of benzene rings is 2. The molecular weight excluding hydrogens is 791 g/mol. The molecule has 2 aliphatic carbocycles. The van der Waals surface area contributed by atoms with Gasteiger partial charge in [-0.15, -0.1) is 0 Å². The van der Waals surface area contributed by atoms with E-state index in [0.29, 0.717) is 46.9 Å². The number of imidazole rings is 2. The number of carboxylic acid groups (broad SMARTS) is 1. The van der Waals surface area contributed by atoms with Crippen molar-refractivity contribution in [3.63, 3.8) is 0 Å². The normalized spacial score (nSPS) is 19.9. The third-order valence-corrected chi connectivity index (χ3v) is 14.4. The first kappa shape index (κ1) is 46.3. The van der Waals surface area contributed by atoms with Gasteiger partial charge in [-0.1, -0.05) is 69.2 Å². The summed E-state index contributed by atoms with van der Waals surface area (Å²) in [5.74, 6) is 1.97. The first-order chi connectivity index (χ1) is 29.4. The van der Waals surface area contributed by atoms with Crippen molar-refractivity contribution in [3.05, 3.63) is 59.2 Å². The van der Waals surface area contributed by atoms with E-state index in [1.165, 1.54) is 51.4 Å². The van der Waals surface area contributed by atoms with Crippen molar-refractivity contribution in [1.82, 2.24) is 34.2 Å². The van der Waals surface area contributed by atoms with Crippen molar-refractivity contribution in [1.29, 1.82) is 0 Å². The highest BCUT2D eigenvalue weighted by Crippen LogP contribution is 2.41. The third-order valence-electron chi connectivity index (χ3n) is 14.4. The van der Waals surface area contributed by atoms with Crippen LogP contribution < -0.4 is 5.32 Å². The Morgan fingerprint density at radius 3 is 1.33 bits per heavy atom. The number of hydrogen-bond donors (Lipinski definition) is 2. The first-order valence-corrected chi connectivity index (χ1v) is 23.5. The Balaban J connectivity index is 0.000000189. The Kier molecular flexibility index (Phi) is 12.7. The molecule has 63 heavy (non-hydrogen) atoms. The minimum Gasteiger partial charge on any atom is -0.481 e. The van der Waals surface area contributed by atoms with Crippen LogP contribution in [-0.2, 0) is 33.5 Å². The highest BCUT2D eigenvalue weighted by atomic mass is 16.4. The Labute approximate surface area is 374 Å². The molecule has 3 amide bonds. The van der Waals surface area contributed by atoms with Crippen LogP contribution in [0.3, 0.4) is 0 Å². The second-order valence-electron chi connectivity index (χ2n) is 23.0. The first-order valence-electron chi connectivity index (χ1n) is 23.5. The van der Waals surface area contributed by atoms with Gasteiger partial charge < -0.3 is 29.4 Å². The summed E-state index contributed by atoms with van der Waals surface area (Å²) >= 11 is 0. The van der Waals surface area contributed by atoms with E-state index >= 15 is 0 Å². The fourth-order valence-electron chi connectivity index (χ4n) is 10.0. The lowest BCUT2D eigenvalue weighted by molar-refractivity contribution is -0.146. The summed E-state index contributed by atoms with van der Waals surface area (Å²) in [5, 5.41) is 11.7. The molecule has 342 valence electrons. The molecule has 4 aliphatic rings. The zero-order chi connectivity index (χ0) is 45.8. The van der Waals surface area contributed by atoms with Crippen LogP contribution in [0, 0.1) is 34.5 Å². The molecule has 4 heterocycles. The summed E-state index contributed by atoms with van der Waals surface area (Å²) in [6, 6.07) is 11.7. The van der Waals surface area contributed by atoms with Crippen molar-refractivity contribution in [2.75, 3.05) is 33.2 Å². The molecule has 2 aromatic carbocycles. The van der Waals surface area contributed by atoms with Gasteiger partial charge in [-0.05, 0) is 110 Å². The van der Waals surface area contributed by atoms with E-state index in [-0.39, 0.29) is 47.6 Å². The van der Waals surface area contributed by atoms with E-state index in [1.54, 1.807) is 16.8 Å². The third kappa shape index (κ3) is 10.1. The summed E-state index contributed by atoms with van der Waals surface area (Å²) < 4.78 is 4.77. The number of nitrogens with one attached hydrogen (secondary N) is 1. The zero-order valence-electron chi connectivity index (χ0n) is 39.9. The van der Waals surface area contributed by atoms with Crippen LogP contribution in [0.5, 0.6) is 0 Å². The lowest BCUT2D eigenvalue weighted by Crippen LogP contribution is -2.55. The highest BCUT2D eigenvalue weighted by Gasteiger charge is 2.38. The van der Waals surface area contributed by atoms with Crippen LogP contribution in [0.2, 0.25) is 0 Å². The topological polar surface area (TPSA) is 143 Å². The van der Waals surface area contributed by atoms with E-state index < -0.39 is 11.9 Å². The number of likely N-dealkylation sites (tertiary alicyclic amines) is 2. The summed E-state index contributed by atoms with van der Waals surface area (Å²) in [6.07, 6.45) is 10.1. The highest BCUT2D eigenvalue weighted by molar-refractivity contribution is 5.99. The molecule has 2 saturated carbocycles. The number of amides is 3. The van der Waals surface area contributed by atoms with Crippen molar-refractivity contribution in [2.24, 2.45) is 34.5 Å². The smallest absolute Gasteiger partial charge is 0.310 e. The van der Waals surface area contributed by atoms with Crippen molar-refractivity contribution < 1.29 is 24.3 Å². The standard InChI is InChI=1S/C26H38N4O2.C25H35N3O3/c1-25(2,3)24-28-20-13-18(23(32)29-15-19(16-29)22(31)27-6)7-8-21(20)30(24)14-17-9-11-26(4,5)12-10-17;1-24(2,3)23-26-19-12-17(21(29)27-14-18(15-27)22(30)31)6-7-20(19)28(23)13-16-8-10-25(4,5)11-9-16/h7-8,13,17,19H,9-12,14-16H2,1-6H3,(H,27,31);6-7,12,16,18H,8-11,13-15H2,1-5H3,(H,30,31). The maximum absolute atomic E-state index is 13.0. The van der Waals surface area contributed by atoms with E-state index in [0.717, 1.165) is 46.8 Å². The van der Waals surface area contributed by atoms with Gasteiger partial charge in [-0.25, -0.2) is 9.97 Å². The van der Waals surface area contributed by atoms with Crippen LogP contribution in [-0.4, -0.2) is 90.9 Å². The van der Waals surface area contributed by atoms with Crippen LogP contribution in [0.1, 0.15) is 153 Å². The van der Waals surface area contributed by atoms with E-state index in [4.69, 9.17) is 15.1 Å². The van der Waals surface area contributed by atoms with Gasteiger partial charge in [0.05, 0.1) is 33.9 Å². The zero-order valence-corrected chi connectivity index (χ0v) is 39.9. The van der Waals surface area contributed by atoms with Gasteiger partial charge >= 0.3 is 5.97 Å². The maximum atomic E-state index is 13.0. The van der Waals surface area contributed by atoms with Crippen LogP contribution in [0.4, 0.5) is 0 Å². The number of aliphatic carboxylic acids is 1. The molecule has 2 aromatic heterocycles. The Bertz CT molecular complexity index is 2340. The average Bonchev–Trinajstić information content (AvgIpc) is 3.73. The molecule has 12 nitrogen and oxygen atoms in total.